The van der Waals surface area contributed by atoms with E-state index in [9.17, 15) is 13.2 Å². The van der Waals surface area contributed by atoms with Crippen LogP contribution >= 0.6 is 34.8 Å². The SMILES string of the molecule is Fc1cc(C(F)F)c(Cl)cc1-c1cccc(Cl)c1Cl. The van der Waals surface area contributed by atoms with Gasteiger partial charge in [0.15, 0.2) is 0 Å². The number of benzene rings is 2. The summed E-state index contributed by atoms with van der Waals surface area (Å²) in [6.07, 6.45) is -2.84. The van der Waals surface area contributed by atoms with Crippen molar-refractivity contribution >= 4 is 34.8 Å². The lowest BCUT2D eigenvalue weighted by Gasteiger charge is -2.10. The summed E-state index contributed by atoms with van der Waals surface area (Å²) >= 11 is 17.5. The number of alkyl halides is 2. The predicted octanol–water partition coefficient (Wildman–Crippen LogP) is 6.39. The number of rotatable bonds is 2. The Hall–Kier alpha value is -0.900. The Bertz CT molecular complexity index is 627. The molecule has 0 aliphatic carbocycles. The summed E-state index contributed by atoms with van der Waals surface area (Å²) in [4.78, 5) is 0. The van der Waals surface area contributed by atoms with E-state index < -0.39 is 17.8 Å². The Labute approximate surface area is 122 Å². The van der Waals surface area contributed by atoms with Gasteiger partial charge in [0.2, 0.25) is 0 Å². The summed E-state index contributed by atoms with van der Waals surface area (Å²) < 4.78 is 39.1. The first-order valence-electron chi connectivity index (χ1n) is 5.13. The maximum atomic E-state index is 13.9. The summed E-state index contributed by atoms with van der Waals surface area (Å²) in [5.41, 5.74) is -0.225. The molecule has 0 amide bonds. The third-order valence-corrected chi connectivity index (χ3v) is 3.71. The van der Waals surface area contributed by atoms with Crippen molar-refractivity contribution < 1.29 is 13.2 Å². The fourth-order valence-corrected chi connectivity index (χ4v) is 2.30. The largest absolute Gasteiger partial charge is 0.265 e. The van der Waals surface area contributed by atoms with Crippen molar-refractivity contribution in [3.63, 3.8) is 0 Å². The lowest BCUT2D eigenvalue weighted by Crippen LogP contribution is -1.92. The van der Waals surface area contributed by atoms with Gasteiger partial charge in [-0.25, -0.2) is 13.2 Å². The van der Waals surface area contributed by atoms with Crippen LogP contribution in [0.25, 0.3) is 11.1 Å². The molecule has 100 valence electrons. The van der Waals surface area contributed by atoms with Crippen LogP contribution < -0.4 is 0 Å². The lowest BCUT2D eigenvalue weighted by atomic mass is 10.0. The molecule has 0 nitrogen and oxygen atoms in total. The van der Waals surface area contributed by atoms with Crippen LogP contribution in [0.5, 0.6) is 0 Å². The van der Waals surface area contributed by atoms with Crippen molar-refractivity contribution in [3.8, 4) is 11.1 Å². The Morgan fingerprint density at radius 3 is 2.21 bits per heavy atom. The monoisotopic (exact) mass is 324 g/mol. The summed E-state index contributed by atoms with van der Waals surface area (Å²) in [5.74, 6) is -0.830. The van der Waals surface area contributed by atoms with Crippen molar-refractivity contribution in [1.29, 1.82) is 0 Å². The van der Waals surface area contributed by atoms with Gasteiger partial charge in [0.05, 0.1) is 15.1 Å². The van der Waals surface area contributed by atoms with Gasteiger partial charge in [-0.2, -0.15) is 0 Å². The molecule has 0 heterocycles. The zero-order valence-corrected chi connectivity index (χ0v) is 11.5. The number of hydrogen-bond donors (Lipinski definition) is 0. The van der Waals surface area contributed by atoms with Crippen molar-refractivity contribution in [2.75, 3.05) is 0 Å². The maximum Gasteiger partial charge on any atom is 0.265 e. The molecule has 0 saturated heterocycles. The van der Waals surface area contributed by atoms with Gasteiger partial charge in [0, 0.05) is 16.7 Å². The van der Waals surface area contributed by atoms with Crippen LogP contribution in [-0.2, 0) is 0 Å². The molecular formula is C13H6Cl3F3. The van der Waals surface area contributed by atoms with Gasteiger partial charge in [-0.1, -0.05) is 46.9 Å². The minimum absolute atomic E-state index is 0.0295. The zero-order chi connectivity index (χ0) is 14.2. The van der Waals surface area contributed by atoms with Crippen LogP contribution in [0.15, 0.2) is 30.3 Å². The molecule has 2 rings (SSSR count). The van der Waals surface area contributed by atoms with Gasteiger partial charge in [0.25, 0.3) is 6.43 Å². The fourth-order valence-electron chi connectivity index (χ4n) is 1.65. The predicted molar refractivity (Wildman–Crippen MR) is 71.8 cm³/mol. The molecule has 0 fully saturated rings. The van der Waals surface area contributed by atoms with E-state index in [1.54, 1.807) is 12.1 Å². The van der Waals surface area contributed by atoms with E-state index in [0.29, 0.717) is 11.6 Å². The van der Waals surface area contributed by atoms with Crippen molar-refractivity contribution in [3.05, 3.63) is 56.8 Å². The lowest BCUT2D eigenvalue weighted by molar-refractivity contribution is 0.151. The zero-order valence-electron chi connectivity index (χ0n) is 9.23. The van der Waals surface area contributed by atoms with E-state index >= 15 is 0 Å². The molecule has 0 radical (unpaired) electrons. The van der Waals surface area contributed by atoms with E-state index in [-0.39, 0.29) is 20.6 Å². The molecule has 0 aliphatic rings. The van der Waals surface area contributed by atoms with Gasteiger partial charge < -0.3 is 0 Å². The van der Waals surface area contributed by atoms with Gasteiger partial charge in [-0.3, -0.25) is 0 Å². The minimum Gasteiger partial charge on any atom is -0.206 e. The number of hydrogen-bond acceptors (Lipinski definition) is 0. The fraction of sp³-hybridized carbons (Fsp3) is 0.0769. The average molecular weight is 326 g/mol. The van der Waals surface area contributed by atoms with Crippen molar-refractivity contribution in [2.45, 2.75) is 6.43 Å². The normalized spacial score (nSPS) is 11.1. The quantitative estimate of drug-likeness (QED) is 0.600. The molecule has 2 aromatic carbocycles. The summed E-state index contributed by atoms with van der Waals surface area (Å²) in [6.45, 7) is 0. The molecule has 19 heavy (non-hydrogen) atoms. The van der Waals surface area contributed by atoms with Crippen molar-refractivity contribution in [2.24, 2.45) is 0 Å². The van der Waals surface area contributed by atoms with E-state index in [0.717, 1.165) is 6.07 Å². The topological polar surface area (TPSA) is 0 Å². The second-order valence-corrected chi connectivity index (χ2v) is 4.95. The molecule has 0 N–H and O–H groups in total. The summed E-state index contributed by atoms with van der Waals surface area (Å²) in [6, 6.07) is 6.48. The van der Waals surface area contributed by atoms with Crippen LogP contribution in [0.4, 0.5) is 13.2 Å². The molecule has 0 bridgehead atoms. The smallest absolute Gasteiger partial charge is 0.206 e. The van der Waals surface area contributed by atoms with Crippen LogP contribution in [0, 0.1) is 5.82 Å². The van der Waals surface area contributed by atoms with Crippen LogP contribution in [0.2, 0.25) is 15.1 Å². The van der Waals surface area contributed by atoms with Gasteiger partial charge in [-0.05, 0) is 18.2 Å². The highest BCUT2D eigenvalue weighted by atomic mass is 35.5. The highest BCUT2D eigenvalue weighted by Gasteiger charge is 2.18. The summed E-state index contributed by atoms with van der Waals surface area (Å²) in [7, 11) is 0. The van der Waals surface area contributed by atoms with Gasteiger partial charge in [-0.15, -0.1) is 0 Å². The number of halogens is 6. The Morgan fingerprint density at radius 1 is 0.895 bits per heavy atom. The highest BCUT2D eigenvalue weighted by Crippen LogP contribution is 2.38. The minimum atomic E-state index is -2.84. The van der Waals surface area contributed by atoms with Crippen molar-refractivity contribution in [1.82, 2.24) is 0 Å². The first-order chi connectivity index (χ1) is 8.91. The van der Waals surface area contributed by atoms with E-state index in [1.165, 1.54) is 6.07 Å². The Morgan fingerprint density at radius 2 is 1.58 bits per heavy atom. The van der Waals surface area contributed by atoms with E-state index in [2.05, 4.69) is 0 Å². The maximum absolute atomic E-state index is 13.9. The molecule has 0 atom stereocenters. The van der Waals surface area contributed by atoms with E-state index in [4.69, 9.17) is 34.8 Å². The molecule has 0 unspecified atom stereocenters. The Kier molecular flexibility index (Phi) is 4.29. The first kappa shape index (κ1) is 14.5. The van der Waals surface area contributed by atoms with Crippen LogP contribution in [0.1, 0.15) is 12.0 Å². The standard InChI is InChI=1S/C13H6Cl3F3/c14-9-3-1-2-6(12(9)16)7-4-10(15)8(13(18)19)5-11(7)17/h1-5,13H. The molecule has 0 spiro atoms. The molecule has 2 aromatic rings. The van der Waals surface area contributed by atoms with Gasteiger partial charge in [0.1, 0.15) is 5.82 Å². The van der Waals surface area contributed by atoms with Gasteiger partial charge >= 0.3 is 0 Å². The highest BCUT2D eigenvalue weighted by molar-refractivity contribution is 6.43. The molecule has 0 aliphatic heterocycles. The van der Waals surface area contributed by atoms with Crippen LogP contribution in [-0.4, -0.2) is 0 Å². The van der Waals surface area contributed by atoms with Crippen LogP contribution in [0.3, 0.4) is 0 Å². The third-order valence-electron chi connectivity index (χ3n) is 2.56. The van der Waals surface area contributed by atoms with E-state index in [1.807, 2.05) is 0 Å². The molecule has 0 aromatic heterocycles. The second-order valence-electron chi connectivity index (χ2n) is 3.76. The summed E-state index contributed by atoms with van der Waals surface area (Å²) in [5, 5.41) is 0.166. The second kappa shape index (κ2) is 5.61. The third kappa shape index (κ3) is 2.83. The molecule has 6 heteroatoms. The first-order valence-corrected chi connectivity index (χ1v) is 6.26. The molecule has 0 saturated carbocycles. The average Bonchev–Trinajstić information content (AvgIpc) is 2.35. The molecular weight excluding hydrogens is 319 g/mol. The Balaban J connectivity index is 2.64.